The lowest BCUT2D eigenvalue weighted by molar-refractivity contribution is -0.120. The molecular weight excluding hydrogens is 272 g/mol. The minimum absolute atomic E-state index is 0.213. The van der Waals surface area contributed by atoms with Crippen molar-refractivity contribution in [3.8, 4) is 5.75 Å². The second-order valence-corrected chi connectivity index (χ2v) is 4.12. The summed E-state index contributed by atoms with van der Waals surface area (Å²) in [5.74, 6) is 0.162. The molecule has 1 aromatic heterocycles. The lowest BCUT2D eigenvalue weighted by Gasteiger charge is -2.06. The molecule has 1 aromatic carbocycles. The average molecular weight is 286 g/mol. The monoisotopic (exact) mass is 286 g/mol. The van der Waals surface area contributed by atoms with Crippen molar-refractivity contribution >= 4 is 23.6 Å². The summed E-state index contributed by atoms with van der Waals surface area (Å²) in [5.41, 5.74) is 5.54. The number of hydrogen-bond acceptors (Lipinski definition) is 4. The number of anilines is 1. The number of furan rings is 1. The third kappa shape index (κ3) is 4.87. The fourth-order valence-electron chi connectivity index (χ4n) is 1.55. The van der Waals surface area contributed by atoms with Gasteiger partial charge in [0.2, 0.25) is 5.91 Å². The van der Waals surface area contributed by atoms with Gasteiger partial charge in [-0.25, -0.2) is 0 Å². The first-order valence-corrected chi connectivity index (χ1v) is 6.17. The highest BCUT2D eigenvalue weighted by Crippen LogP contribution is 2.17. The van der Waals surface area contributed by atoms with Crippen LogP contribution in [0.3, 0.4) is 0 Å². The number of rotatable bonds is 6. The van der Waals surface area contributed by atoms with Crippen molar-refractivity contribution < 1.29 is 18.7 Å². The SMILES string of the molecule is NC(=O)COc1cccc(NC(=O)/C=C/c2ccco2)c1. The highest BCUT2D eigenvalue weighted by molar-refractivity contribution is 6.01. The molecule has 108 valence electrons. The molecule has 0 unspecified atom stereocenters. The van der Waals surface area contributed by atoms with E-state index in [2.05, 4.69) is 5.32 Å². The van der Waals surface area contributed by atoms with Gasteiger partial charge in [-0.05, 0) is 30.3 Å². The fourth-order valence-corrected chi connectivity index (χ4v) is 1.55. The van der Waals surface area contributed by atoms with Gasteiger partial charge in [-0.2, -0.15) is 0 Å². The highest BCUT2D eigenvalue weighted by atomic mass is 16.5. The largest absolute Gasteiger partial charge is 0.484 e. The van der Waals surface area contributed by atoms with Gasteiger partial charge >= 0.3 is 0 Å². The van der Waals surface area contributed by atoms with Crippen LogP contribution in [-0.4, -0.2) is 18.4 Å². The number of benzene rings is 1. The van der Waals surface area contributed by atoms with Crippen LogP contribution in [0, 0.1) is 0 Å². The highest BCUT2D eigenvalue weighted by Gasteiger charge is 2.02. The molecule has 6 heteroatoms. The molecule has 0 bridgehead atoms. The van der Waals surface area contributed by atoms with E-state index in [0.29, 0.717) is 17.2 Å². The van der Waals surface area contributed by atoms with Crippen LogP contribution in [0.4, 0.5) is 5.69 Å². The Balaban J connectivity index is 1.94. The van der Waals surface area contributed by atoms with E-state index in [-0.39, 0.29) is 12.5 Å². The smallest absolute Gasteiger partial charge is 0.255 e. The molecule has 0 saturated carbocycles. The van der Waals surface area contributed by atoms with Gasteiger partial charge in [-0.3, -0.25) is 9.59 Å². The van der Waals surface area contributed by atoms with E-state index in [1.165, 1.54) is 12.3 Å². The van der Waals surface area contributed by atoms with Gasteiger partial charge < -0.3 is 20.2 Å². The lowest BCUT2D eigenvalue weighted by Crippen LogP contribution is -2.20. The van der Waals surface area contributed by atoms with Gasteiger partial charge in [0.25, 0.3) is 5.91 Å². The Hall–Kier alpha value is -3.02. The van der Waals surface area contributed by atoms with Gasteiger partial charge in [0.15, 0.2) is 6.61 Å². The molecule has 2 aromatic rings. The van der Waals surface area contributed by atoms with Gasteiger partial charge in [0.1, 0.15) is 11.5 Å². The van der Waals surface area contributed by atoms with E-state index < -0.39 is 5.91 Å². The number of nitrogens with two attached hydrogens (primary N) is 1. The summed E-state index contributed by atoms with van der Waals surface area (Å²) in [6, 6.07) is 10.1. The number of primary amides is 1. The maximum atomic E-state index is 11.7. The van der Waals surface area contributed by atoms with Gasteiger partial charge in [-0.1, -0.05) is 6.07 Å². The van der Waals surface area contributed by atoms with E-state index in [0.717, 1.165) is 0 Å². The normalized spacial score (nSPS) is 10.5. The van der Waals surface area contributed by atoms with E-state index in [4.69, 9.17) is 14.9 Å². The lowest BCUT2D eigenvalue weighted by atomic mass is 10.3. The predicted octanol–water partition coefficient (Wildman–Crippen LogP) is 1.80. The van der Waals surface area contributed by atoms with Crippen molar-refractivity contribution in [3.05, 3.63) is 54.5 Å². The first kappa shape index (κ1) is 14.4. The predicted molar refractivity (Wildman–Crippen MR) is 77.5 cm³/mol. The molecular formula is C15H14N2O4. The Morgan fingerprint density at radius 3 is 2.86 bits per heavy atom. The molecule has 0 fully saturated rings. The summed E-state index contributed by atoms with van der Waals surface area (Å²) in [4.78, 5) is 22.4. The van der Waals surface area contributed by atoms with Crippen molar-refractivity contribution in [2.75, 3.05) is 11.9 Å². The van der Waals surface area contributed by atoms with E-state index in [1.807, 2.05) is 0 Å². The summed E-state index contributed by atoms with van der Waals surface area (Å²) in [7, 11) is 0. The van der Waals surface area contributed by atoms with Crippen LogP contribution in [-0.2, 0) is 9.59 Å². The fraction of sp³-hybridized carbons (Fsp3) is 0.0667. The number of carbonyl (C=O) groups is 2. The summed E-state index contributed by atoms with van der Waals surface area (Å²) in [5, 5.41) is 2.67. The van der Waals surface area contributed by atoms with Crippen molar-refractivity contribution in [2.45, 2.75) is 0 Å². The van der Waals surface area contributed by atoms with Gasteiger partial charge in [0, 0.05) is 17.8 Å². The quantitative estimate of drug-likeness (QED) is 0.791. The third-order valence-electron chi connectivity index (χ3n) is 2.42. The summed E-state index contributed by atoms with van der Waals surface area (Å²) in [6.45, 7) is -0.213. The number of hydrogen-bond donors (Lipinski definition) is 2. The van der Waals surface area contributed by atoms with Crippen LogP contribution in [0.5, 0.6) is 5.75 Å². The zero-order chi connectivity index (χ0) is 15.1. The topological polar surface area (TPSA) is 94.6 Å². The molecule has 0 saturated heterocycles. The maximum absolute atomic E-state index is 11.7. The number of ether oxygens (including phenoxy) is 1. The van der Waals surface area contributed by atoms with Crippen LogP contribution in [0.25, 0.3) is 6.08 Å². The molecule has 0 aliphatic rings. The molecule has 0 radical (unpaired) electrons. The molecule has 3 N–H and O–H groups in total. The van der Waals surface area contributed by atoms with Gasteiger partial charge in [-0.15, -0.1) is 0 Å². The molecule has 0 spiro atoms. The van der Waals surface area contributed by atoms with Crippen LogP contribution >= 0.6 is 0 Å². The van der Waals surface area contributed by atoms with E-state index >= 15 is 0 Å². The number of amides is 2. The Kier molecular flexibility index (Phi) is 4.76. The molecule has 6 nitrogen and oxygen atoms in total. The van der Waals surface area contributed by atoms with E-state index in [9.17, 15) is 9.59 Å². The Bertz CT molecular complexity index is 647. The van der Waals surface area contributed by atoms with Crippen molar-refractivity contribution in [1.82, 2.24) is 0 Å². The van der Waals surface area contributed by atoms with Crippen LogP contribution < -0.4 is 15.8 Å². The third-order valence-corrected chi connectivity index (χ3v) is 2.42. The van der Waals surface area contributed by atoms with Gasteiger partial charge in [0.05, 0.1) is 6.26 Å². The molecule has 1 heterocycles. The summed E-state index contributed by atoms with van der Waals surface area (Å²) >= 11 is 0. The zero-order valence-corrected chi connectivity index (χ0v) is 11.1. The number of carbonyl (C=O) groups excluding carboxylic acids is 2. The van der Waals surface area contributed by atoms with Crippen LogP contribution in [0.15, 0.2) is 53.2 Å². The van der Waals surface area contributed by atoms with Crippen molar-refractivity contribution in [2.24, 2.45) is 5.73 Å². The Morgan fingerprint density at radius 2 is 2.14 bits per heavy atom. The minimum atomic E-state index is -0.564. The van der Waals surface area contributed by atoms with Crippen LogP contribution in [0.1, 0.15) is 5.76 Å². The van der Waals surface area contributed by atoms with E-state index in [1.54, 1.807) is 42.5 Å². The standard InChI is InChI=1S/C15H14N2O4/c16-14(18)10-21-13-4-1-3-11(9-13)17-15(19)7-6-12-5-2-8-20-12/h1-9H,10H2,(H2,16,18)(H,17,19)/b7-6+. The summed E-state index contributed by atoms with van der Waals surface area (Å²) < 4.78 is 10.2. The molecule has 2 rings (SSSR count). The molecule has 0 aliphatic carbocycles. The number of nitrogens with one attached hydrogen (secondary N) is 1. The Morgan fingerprint density at radius 1 is 1.29 bits per heavy atom. The van der Waals surface area contributed by atoms with Crippen molar-refractivity contribution in [3.63, 3.8) is 0 Å². The maximum Gasteiger partial charge on any atom is 0.255 e. The first-order valence-electron chi connectivity index (χ1n) is 6.17. The molecule has 2 amide bonds. The molecule has 0 atom stereocenters. The minimum Gasteiger partial charge on any atom is -0.484 e. The Labute approximate surface area is 121 Å². The molecule has 21 heavy (non-hydrogen) atoms. The average Bonchev–Trinajstić information content (AvgIpc) is 2.97. The van der Waals surface area contributed by atoms with Crippen molar-refractivity contribution in [1.29, 1.82) is 0 Å². The second-order valence-electron chi connectivity index (χ2n) is 4.12. The second kappa shape index (κ2) is 6.95. The zero-order valence-electron chi connectivity index (χ0n) is 11.1. The van der Waals surface area contributed by atoms with Crippen LogP contribution in [0.2, 0.25) is 0 Å². The first-order chi connectivity index (χ1) is 10.1. The molecule has 0 aliphatic heterocycles. The summed E-state index contributed by atoms with van der Waals surface area (Å²) in [6.07, 6.45) is 4.44.